The third kappa shape index (κ3) is 7.42. The Morgan fingerprint density at radius 2 is 1.45 bits per heavy atom. The molecular formula is C18H29O2. The Balaban J connectivity index is 2.21. The van der Waals surface area contributed by atoms with E-state index in [4.69, 9.17) is 9.47 Å². The molecule has 0 saturated carbocycles. The molecule has 0 heterocycles. The molecule has 0 amide bonds. The lowest BCUT2D eigenvalue weighted by Crippen LogP contribution is -2.02. The first-order valence-corrected chi connectivity index (χ1v) is 8.14. The summed E-state index contributed by atoms with van der Waals surface area (Å²) < 4.78 is 11.6. The lowest BCUT2D eigenvalue weighted by Gasteiger charge is -2.12. The van der Waals surface area contributed by atoms with Gasteiger partial charge in [-0.1, -0.05) is 58.4 Å². The van der Waals surface area contributed by atoms with Crippen molar-refractivity contribution < 1.29 is 9.47 Å². The van der Waals surface area contributed by atoms with E-state index in [1.54, 1.807) is 0 Å². The summed E-state index contributed by atoms with van der Waals surface area (Å²) in [6.07, 6.45) is 9.92. The summed E-state index contributed by atoms with van der Waals surface area (Å²) in [5.41, 5.74) is 0. The molecule has 0 spiro atoms. The minimum absolute atomic E-state index is 0.752. The van der Waals surface area contributed by atoms with E-state index in [1.165, 1.54) is 32.1 Å². The zero-order chi connectivity index (χ0) is 14.5. The highest BCUT2D eigenvalue weighted by Crippen LogP contribution is 2.26. The number of benzene rings is 1. The van der Waals surface area contributed by atoms with Crippen LogP contribution in [0.1, 0.15) is 65.2 Å². The summed E-state index contributed by atoms with van der Waals surface area (Å²) in [5, 5.41) is 0. The van der Waals surface area contributed by atoms with E-state index in [0.29, 0.717) is 0 Å². The van der Waals surface area contributed by atoms with E-state index in [1.807, 2.05) is 18.2 Å². The maximum atomic E-state index is 5.83. The third-order valence-corrected chi connectivity index (χ3v) is 3.30. The maximum absolute atomic E-state index is 5.83. The molecule has 1 rings (SSSR count). The SMILES string of the molecule is CCCCCCCCOc1cc[c]cc1OCCCC. The van der Waals surface area contributed by atoms with Gasteiger partial charge < -0.3 is 9.47 Å². The molecule has 1 aromatic rings. The van der Waals surface area contributed by atoms with Gasteiger partial charge in [0.1, 0.15) is 0 Å². The summed E-state index contributed by atoms with van der Waals surface area (Å²) in [4.78, 5) is 0. The molecule has 0 aliphatic carbocycles. The second-order valence-corrected chi connectivity index (χ2v) is 5.19. The zero-order valence-electron chi connectivity index (χ0n) is 13.1. The van der Waals surface area contributed by atoms with Crippen molar-refractivity contribution in [2.24, 2.45) is 0 Å². The second-order valence-electron chi connectivity index (χ2n) is 5.19. The predicted octanol–water partition coefficient (Wildman–Crippen LogP) is 5.40. The molecule has 113 valence electrons. The first kappa shape index (κ1) is 16.9. The molecule has 0 bridgehead atoms. The van der Waals surface area contributed by atoms with E-state index in [0.717, 1.165) is 44.0 Å². The van der Waals surface area contributed by atoms with Gasteiger partial charge in [0, 0.05) is 0 Å². The van der Waals surface area contributed by atoms with Crippen LogP contribution in [0.2, 0.25) is 0 Å². The average molecular weight is 277 g/mol. The minimum atomic E-state index is 0.752. The molecule has 0 N–H and O–H groups in total. The van der Waals surface area contributed by atoms with Crippen molar-refractivity contribution in [1.29, 1.82) is 0 Å². The van der Waals surface area contributed by atoms with Gasteiger partial charge in [0.25, 0.3) is 0 Å². The highest BCUT2D eigenvalue weighted by atomic mass is 16.5. The Morgan fingerprint density at radius 3 is 2.25 bits per heavy atom. The van der Waals surface area contributed by atoms with Gasteiger partial charge in [-0.3, -0.25) is 0 Å². The molecule has 0 unspecified atom stereocenters. The molecule has 0 saturated heterocycles. The van der Waals surface area contributed by atoms with Crippen molar-refractivity contribution in [3.05, 3.63) is 24.3 Å². The van der Waals surface area contributed by atoms with E-state index in [9.17, 15) is 0 Å². The van der Waals surface area contributed by atoms with Gasteiger partial charge in [-0.2, -0.15) is 0 Å². The van der Waals surface area contributed by atoms with Crippen LogP contribution < -0.4 is 9.47 Å². The van der Waals surface area contributed by atoms with Crippen LogP contribution in [0.5, 0.6) is 11.5 Å². The molecule has 0 aliphatic heterocycles. The Morgan fingerprint density at radius 1 is 0.800 bits per heavy atom. The fourth-order valence-electron chi connectivity index (χ4n) is 2.02. The average Bonchev–Trinajstić information content (AvgIpc) is 2.48. The normalized spacial score (nSPS) is 10.5. The van der Waals surface area contributed by atoms with Crippen LogP contribution in [-0.4, -0.2) is 13.2 Å². The molecule has 0 atom stereocenters. The van der Waals surface area contributed by atoms with E-state index in [2.05, 4.69) is 19.9 Å². The van der Waals surface area contributed by atoms with Crippen molar-refractivity contribution >= 4 is 0 Å². The summed E-state index contributed by atoms with van der Waals surface area (Å²) in [6.45, 7) is 5.94. The van der Waals surface area contributed by atoms with Gasteiger partial charge in [-0.05, 0) is 31.0 Å². The number of hydrogen-bond donors (Lipinski definition) is 0. The fraction of sp³-hybridized carbons (Fsp3) is 0.667. The molecule has 1 radical (unpaired) electrons. The molecule has 0 aromatic heterocycles. The van der Waals surface area contributed by atoms with Crippen LogP contribution >= 0.6 is 0 Å². The number of unbranched alkanes of at least 4 members (excludes halogenated alkanes) is 6. The molecule has 2 nitrogen and oxygen atoms in total. The molecule has 2 heteroatoms. The van der Waals surface area contributed by atoms with Crippen LogP contribution in [0.15, 0.2) is 18.2 Å². The van der Waals surface area contributed by atoms with Crippen LogP contribution in [0.25, 0.3) is 0 Å². The highest BCUT2D eigenvalue weighted by molar-refractivity contribution is 5.38. The van der Waals surface area contributed by atoms with Gasteiger partial charge >= 0.3 is 0 Å². The topological polar surface area (TPSA) is 18.5 Å². The first-order valence-electron chi connectivity index (χ1n) is 8.14. The van der Waals surface area contributed by atoms with Crippen molar-refractivity contribution in [3.8, 4) is 11.5 Å². The quantitative estimate of drug-likeness (QED) is 0.476. The van der Waals surface area contributed by atoms with Crippen LogP contribution in [0.3, 0.4) is 0 Å². The minimum Gasteiger partial charge on any atom is -0.490 e. The Labute approximate surface area is 124 Å². The number of hydrogen-bond acceptors (Lipinski definition) is 2. The van der Waals surface area contributed by atoms with Gasteiger partial charge in [0.2, 0.25) is 0 Å². The third-order valence-electron chi connectivity index (χ3n) is 3.30. The number of rotatable bonds is 12. The van der Waals surface area contributed by atoms with Crippen molar-refractivity contribution in [2.75, 3.05) is 13.2 Å². The lowest BCUT2D eigenvalue weighted by atomic mass is 10.1. The van der Waals surface area contributed by atoms with Crippen LogP contribution in [0, 0.1) is 6.07 Å². The standard InChI is InChI=1S/C18H29O2/c1-3-5-7-8-9-12-16-20-18-14-11-10-13-17(18)19-15-6-4-2/h11,13-14H,3-9,12,15-16H2,1-2H3. The van der Waals surface area contributed by atoms with Gasteiger partial charge in [-0.25, -0.2) is 0 Å². The molecule has 0 fully saturated rings. The Hall–Kier alpha value is -1.18. The Kier molecular flexibility index (Phi) is 9.81. The number of ether oxygens (including phenoxy) is 2. The molecular weight excluding hydrogens is 248 g/mol. The maximum Gasteiger partial charge on any atom is 0.161 e. The first-order chi connectivity index (χ1) is 9.88. The predicted molar refractivity (Wildman–Crippen MR) is 84.6 cm³/mol. The van der Waals surface area contributed by atoms with Gasteiger partial charge in [0.05, 0.1) is 13.2 Å². The largest absolute Gasteiger partial charge is 0.490 e. The van der Waals surface area contributed by atoms with Gasteiger partial charge in [-0.15, -0.1) is 0 Å². The summed E-state index contributed by atoms with van der Waals surface area (Å²) >= 11 is 0. The van der Waals surface area contributed by atoms with E-state index >= 15 is 0 Å². The molecule has 1 aromatic carbocycles. The van der Waals surface area contributed by atoms with Crippen molar-refractivity contribution in [2.45, 2.75) is 65.2 Å². The van der Waals surface area contributed by atoms with E-state index < -0.39 is 0 Å². The van der Waals surface area contributed by atoms with Crippen LogP contribution in [0.4, 0.5) is 0 Å². The van der Waals surface area contributed by atoms with Crippen molar-refractivity contribution in [3.63, 3.8) is 0 Å². The highest BCUT2D eigenvalue weighted by Gasteiger charge is 2.03. The summed E-state index contributed by atoms with van der Waals surface area (Å²) in [6, 6.07) is 8.74. The fourth-order valence-corrected chi connectivity index (χ4v) is 2.02. The zero-order valence-corrected chi connectivity index (χ0v) is 13.1. The molecule has 0 aliphatic rings. The van der Waals surface area contributed by atoms with E-state index in [-0.39, 0.29) is 0 Å². The lowest BCUT2D eigenvalue weighted by molar-refractivity contribution is 0.260. The van der Waals surface area contributed by atoms with Crippen LogP contribution in [-0.2, 0) is 0 Å². The Bertz CT molecular complexity index is 336. The second kappa shape index (κ2) is 11.6. The monoisotopic (exact) mass is 277 g/mol. The summed E-state index contributed by atoms with van der Waals surface area (Å²) in [7, 11) is 0. The summed E-state index contributed by atoms with van der Waals surface area (Å²) in [5.74, 6) is 1.68. The smallest absolute Gasteiger partial charge is 0.161 e. The van der Waals surface area contributed by atoms with Crippen molar-refractivity contribution in [1.82, 2.24) is 0 Å². The molecule has 20 heavy (non-hydrogen) atoms. The van der Waals surface area contributed by atoms with Gasteiger partial charge in [0.15, 0.2) is 11.5 Å².